The van der Waals surface area contributed by atoms with Crippen LogP contribution < -0.4 is 4.72 Å². The Balaban J connectivity index is 2.13. The molecular formula is C16H18BrNO3S. The average molecular weight is 384 g/mol. The van der Waals surface area contributed by atoms with Gasteiger partial charge in [-0.15, -0.1) is 0 Å². The number of halogens is 1. The molecule has 22 heavy (non-hydrogen) atoms. The van der Waals surface area contributed by atoms with Crippen molar-refractivity contribution in [3.8, 4) is 0 Å². The van der Waals surface area contributed by atoms with E-state index >= 15 is 0 Å². The van der Waals surface area contributed by atoms with E-state index in [1.165, 1.54) is 0 Å². The molecule has 6 heteroatoms. The maximum absolute atomic E-state index is 12.3. The second-order valence-electron chi connectivity index (χ2n) is 4.89. The predicted molar refractivity (Wildman–Crippen MR) is 90.3 cm³/mol. The fourth-order valence-electron chi connectivity index (χ4n) is 2.15. The first-order chi connectivity index (χ1) is 10.4. The summed E-state index contributed by atoms with van der Waals surface area (Å²) in [6.07, 6.45) is -0.327. The highest BCUT2D eigenvalue weighted by atomic mass is 79.9. The SMILES string of the molecule is COC(CNS(=O)(=O)c1ccc(Br)cc1)c1ccccc1C. The van der Waals surface area contributed by atoms with Crippen molar-refractivity contribution >= 4 is 26.0 Å². The van der Waals surface area contributed by atoms with Crippen molar-refractivity contribution in [1.82, 2.24) is 4.72 Å². The van der Waals surface area contributed by atoms with Gasteiger partial charge in [0.2, 0.25) is 10.0 Å². The molecule has 118 valence electrons. The molecule has 0 aliphatic rings. The fourth-order valence-corrected chi connectivity index (χ4v) is 3.45. The summed E-state index contributed by atoms with van der Waals surface area (Å²) in [5.41, 5.74) is 2.04. The van der Waals surface area contributed by atoms with Gasteiger partial charge < -0.3 is 4.74 Å². The van der Waals surface area contributed by atoms with Gasteiger partial charge in [-0.3, -0.25) is 0 Å². The van der Waals surface area contributed by atoms with E-state index in [1.807, 2.05) is 31.2 Å². The summed E-state index contributed by atoms with van der Waals surface area (Å²) in [5, 5.41) is 0. The smallest absolute Gasteiger partial charge is 0.240 e. The van der Waals surface area contributed by atoms with E-state index in [4.69, 9.17) is 4.74 Å². The molecule has 0 saturated carbocycles. The van der Waals surface area contributed by atoms with E-state index in [-0.39, 0.29) is 17.5 Å². The molecule has 0 saturated heterocycles. The van der Waals surface area contributed by atoms with Gasteiger partial charge in [0.15, 0.2) is 0 Å². The lowest BCUT2D eigenvalue weighted by atomic mass is 10.0. The number of ether oxygens (including phenoxy) is 1. The molecule has 0 aliphatic carbocycles. The molecule has 0 radical (unpaired) electrons. The molecule has 0 heterocycles. The molecule has 4 nitrogen and oxygen atoms in total. The van der Waals surface area contributed by atoms with Crippen LogP contribution in [-0.4, -0.2) is 22.1 Å². The number of hydrogen-bond acceptors (Lipinski definition) is 3. The average Bonchev–Trinajstić information content (AvgIpc) is 2.50. The van der Waals surface area contributed by atoms with E-state index < -0.39 is 10.0 Å². The number of hydrogen-bond donors (Lipinski definition) is 1. The molecular weight excluding hydrogens is 366 g/mol. The Morgan fingerprint density at radius 3 is 2.36 bits per heavy atom. The van der Waals surface area contributed by atoms with Crippen LogP contribution in [0.3, 0.4) is 0 Å². The normalized spacial score (nSPS) is 13.0. The quantitative estimate of drug-likeness (QED) is 0.831. The van der Waals surface area contributed by atoms with E-state index in [9.17, 15) is 8.42 Å². The van der Waals surface area contributed by atoms with E-state index in [2.05, 4.69) is 20.7 Å². The van der Waals surface area contributed by atoms with Crippen LogP contribution in [0, 0.1) is 6.92 Å². The largest absolute Gasteiger partial charge is 0.375 e. The first kappa shape index (κ1) is 17.1. The number of benzene rings is 2. The minimum atomic E-state index is -3.55. The first-order valence-electron chi connectivity index (χ1n) is 6.77. The Hall–Kier alpha value is -1.21. The van der Waals surface area contributed by atoms with E-state index in [0.717, 1.165) is 15.6 Å². The van der Waals surface area contributed by atoms with Gasteiger partial charge >= 0.3 is 0 Å². The Labute approximate surface area is 139 Å². The molecule has 2 aromatic carbocycles. The summed E-state index contributed by atoms with van der Waals surface area (Å²) < 4.78 is 33.5. The summed E-state index contributed by atoms with van der Waals surface area (Å²) in [5.74, 6) is 0. The van der Waals surface area contributed by atoms with Crippen LogP contribution in [0.2, 0.25) is 0 Å². The summed E-state index contributed by atoms with van der Waals surface area (Å²) in [6, 6.07) is 14.3. The van der Waals surface area contributed by atoms with Crippen LogP contribution in [0.5, 0.6) is 0 Å². The van der Waals surface area contributed by atoms with Gasteiger partial charge in [-0.1, -0.05) is 40.2 Å². The van der Waals surface area contributed by atoms with Gasteiger partial charge in [-0.05, 0) is 42.3 Å². The zero-order chi connectivity index (χ0) is 16.2. The van der Waals surface area contributed by atoms with Crippen molar-refractivity contribution in [3.05, 3.63) is 64.1 Å². The number of methoxy groups -OCH3 is 1. The highest BCUT2D eigenvalue weighted by Crippen LogP contribution is 2.21. The third-order valence-corrected chi connectivity index (χ3v) is 5.37. The topological polar surface area (TPSA) is 55.4 Å². The summed E-state index contributed by atoms with van der Waals surface area (Å²) in [4.78, 5) is 0.232. The maximum atomic E-state index is 12.3. The standard InChI is InChI=1S/C16H18BrNO3S/c1-12-5-3-4-6-15(12)16(21-2)11-18-22(19,20)14-9-7-13(17)8-10-14/h3-10,16,18H,11H2,1-2H3. The lowest BCUT2D eigenvalue weighted by Crippen LogP contribution is -2.29. The van der Waals surface area contributed by atoms with E-state index in [0.29, 0.717) is 0 Å². The van der Waals surface area contributed by atoms with Crippen LogP contribution in [0.25, 0.3) is 0 Å². The van der Waals surface area contributed by atoms with Crippen LogP contribution in [-0.2, 0) is 14.8 Å². The van der Waals surface area contributed by atoms with Gasteiger partial charge in [0, 0.05) is 18.1 Å². The van der Waals surface area contributed by atoms with Gasteiger partial charge in [0.05, 0.1) is 11.0 Å². The third kappa shape index (κ3) is 4.16. The predicted octanol–water partition coefficient (Wildman–Crippen LogP) is 3.42. The number of sulfonamides is 1. The van der Waals surface area contributed by atoms with Gasteiger partial charge in [-0.25, -0.2) is 13.1 Å². The zero-order valence-electron chi connectivity index (χ0n) is 12.4. The van der Waals surface area contributed by atoms with Crippen molar-refractivity contribution in [1.29, 1.82) is 0 Å². The lowest BCUT2D eigenvalue weighted by molar-refractivity contribution is 0.107. The summed E-state index contributed by atoms with van der Waals surface area (Å²) in [6.45, 7) is 2.16. The molecule has 0 spiro atoms. The van der Waals surface area contributed by atoms with Gasteiger partial charge in [-0.2, -0.15) is 0 Å². The second kappa shape index (κ2) is 7.37. The molecule has 0 aliphatic heterocycles. The molecule has 1 N–H and O–H groups in total. The van der Waals surface area contributed by atoms with Crippen molar-refractivity contribution in [2.24, 2.45) is 0 Å². The monoisotopic (exact) mass is 383 g/mol. The molecule has 0 aromatic heterocycles. The minimum absolute atomic E-state index is 0.180. The van der Waals surface area contributed by atoms with Crippen LogP contribution in [0.4, 0.5) is 0 Å². The summed E-state index contributed by atoms with van der Waals surface area (Å²) in [7, 11) is -1.98. The molecule has 2 rings (SSSR count). The highest BCUT2D eigenvalue weighted by Gasteiger charge is 2.18. The number of aryl methyl sites for hydroxylation is 1. The Kier molecular flexibility index (Phi) is 5.74. The number of rotatable bonds is 6. The Bertz CT molecular complexity index is 729. The maximum Gasteiger partial charge on any atom is 0.240 e. The molecule has 0 fully saturated rings. The van der Waals surface area contributed by atoms with Gasteiger partial charge in [0.25, 0.3) is 0 Å². The van der Waals surface area contributed by atoms with Crippen LogP contribution in [0.15, 0.2) is 57.9 Å². The van der Waals surface area contributed by atoms with Crippen LogP contribution in [0.1, 0.15) is 17.2 Å². The third-order valence-electron chi connectivity index (χ3n) is 3.40. The van der Waals surface area contributed by atoms with Gasteiger partial charge in [0.1, 0.15) is 0 Å². The fraction of sp³-hybridized carbons (Fsp3) is 0.250. The van der Waals surface area contributed by atoms with Crippen LogP contribution >= 0.6 is 15.9 Å². The molecule has 0 bridgehead atoms. The molecule has 1 atom stereocenters. The second-order valence-corrected chi connectivity index (χ2v) is 7.57. The first-order valence-corrected chi connectivity index (χ1v) is 9.05. The highest BCUT2D eigenvalue weighted by molar-refractivity contribution is 9.10. The van der Waals surface area contributed by atoms with E-state index in [1.54, 1.807) is 31.4 Å². The lowest BCUT2D eigenvalue weighted by Gasteiger charge is -2.18. The minimum Gasteiger partial charge on any atom is -0.375 e. The number of nitrogens with one attached hydrogen (secondary N) is 1. The Morgan fingerprint density at radius 2 is 1.77 bits per heavy atom. The van der Waals surface area contributed by atoms with Crippen molar-refractivity contribution in [2.75, 3.05) is 13.7 Å². The summed E-state index contributed by atoms with van der Waals surface area (Å²) >= 11 is 3.29. The zero-order valence-corrected chi connectivity index (χ0v) is 14.8. The Morgan fingerprint density at radius 1 is 1.14 bits per heavy atom. The molecule has 1 unspecified atom stereocenters. The van der Waals surface area contributed by atoms with Crippen molar-refractivity contribution < 1.29 is 13.2 Å². The molecule has 2 aromatic rings. The van der Waals surface area contributed by atoms with Crippen molar-refractivity contribution in [2.45, 2.75) is 17.9 Å². The van der Waals surface area contributed by atoms with Crippen molar-refractivity contribution in [3.63, 3.8) is 0 Å². The molecule has 0 amide bonds.